The summed E-state index contributed by atoms with van der Waals surface area (Å²) in [6.07, 6.45) is 0. The van der Waals surface area contributed by atoms with Crippen molar-refractivity contribution in [1.29, 1.82) is 0 Å². The Morgan fingerprint density at radius 2 is 1.74 bits per heavy atom. The molecular formula is C27H27Cl2N7O2S. The van der Waals surface area contributed by atoms with Crippen LogP contribution in [0.3, 0.4) is 0 Å². The van der Waals surface area contributed by atoms with Crippen LogP contribution in [0.2, 0.25) is 10.0 Å². The number of halogens is 2. The second-order valence-electron chi connectivity index (χ2n) is 8.79. The third-order valence-corrected chi connectivity index (χ3v) is 6.32. The minimum absolute atomic E-state index is 0.0938. The first-order valence-corrected chi connectivity index (χ1v) is 13.4. The van der Waals surface area contributed by atoms with E-state index in [0.29, 0.717) is 57.1 Å². The number of nitrogens with one attached hydrogen (secondary N) is 3. The number of aromatic nitrogens is 4. The molecule has 0 aliphatic rings. The lowest BCUT2D eigenvalue weighted by molar-refractivity contribution is -0.122. The van der Waals surface area contributed by atoms with E-state index >= 15 is 0 Å². The van der Waals surface area contributed by atoms with E-state index in [1.165, 1.54) is 10.4 Å². The van der Waals surface area contributed by atoms with Crippen molar-refractivity contribution in [1.82, 2.24) is 30.8 Å². The van der Waals surface area contributed by atoms with Crippen molar-refractivity contribution < 1.29 is 9.53 Å². The number of hydrogen-bond donors (Lipinski definition) is 3. The number of hydrogen-bond acceptors (Lipinski definition) is 6. The molecule has 9 nitrogen and oxygen atoms in total. The number of anilines is 1. The summed E-state index contributed by atoms with van der Waals surface area (Å²) >= 11 is 17.6. The van der Waals surface area contributed by atoms with E-state index in [0.717, 1.165) is 5.69 Å². The minimum Gasteiger partial charge on any atom is -0.455 e. The summed E-state index contributed by atoms with van der Waals surface area (Å²) in [5.74, 6) is 1.33. The molecule has 202 valence electrons. The second-order valence-corrected chi connectivity index (χ2v) is 10.0. The molecule has 12 heteroatoms. The van der Waals surface area contributed by atoms with Crippen LogP contribution < -0.4 is 20.7 Å². The van der Waals surface area contributed by atoms with Gasteiger partial charge in [0.25, 0.3) is 0 Å². The van der Waals surface area contributed by atoms with Gasteiger partial charge in [0.2, 0.25) is 11.7 Å². The Morgan fingerprint density at radius 1 is 1.00 bits per heavy atom. The van der Waals surface area contributed by atoms with E-state index in [4.69, 9.17) is 40.2 Å². The van der Waals surface area contributed by atoms with Crippen LogP contribution >= 0.6 is 35.4 Å². The van der Waals surface area contributed by atoms with Crippen LogP contribution in [0.4, 0.5) is 5.69 Å². The molecule has 0 unspecified atom stereocenters. The molecule has 39 heavy (non-hydrogen) atoms. The quantitative estimate of drug-likeness (QED) is 0.162. The van der Waals surface area contributed by atoms with Gasteiger partial charge in [0, 0.05) is 23.8 Å². The molecule has 0 atom stereocenters. The number of rotatable bonds is 10. The van der Waals surface area contributed by atoms with Crippen LogP contribution in [0.15, 0.2) is 66.7 Å². The molecule has 1 heterocycles. The highest BCUT2D eigenvalue weighted by Gasteiger charge is 2.15. The lowest BCUT2D eigenvalue weighted by Gasteiger charge is -2.16. The van der Waals surface area contributed by atoms with Crippen molar-refractivity contribution in [2.24, 2.45) is 0 Å². The van der Waals surface area contributed by atoms with E-state index in [2.05, 4.69) is 51.3 Å². The van der Waals surface area contributed by atoms with Crippen LogP contribution in [0.5, 0.6) is 11.5 Å². The smallest absolute Gasteiger partial charge is 0.243 e. The van der Waals surface area contributed by atoms with Crippen molar-refractivity contribution >= 4 is 52.1 Å². The van der Waals surface area contributed by atoms with Gasteiger partial charge in [-0.2, -0.15) is 4.80 Å². The van der Waals surface area contributed by atoms with Crippen LogP contribution in [0.1, 0.15) is 25.3 Å². The summed E-state index contributed by atoms with van der Waals surface area (Å²) in [4.78, 5) is 13.6. The summed E-state index contributed by atoms with van der Waals surface area (Å²) in [5, 5.41) is 22.9. The molecule has 3 aromatic carbocycles. The Hall–Kier alpha value is -3.73. The van der Waals surface area contributed by atoms with Gasteiger partial charge in [-0.3, -0.25) is 4.79 Å². The summed E-state index contributed by atoms with van der Waals surface area (Å²) in [5.41, 5.74) is 2.74. The Labute approximate surface area is 241 Å². The summed E-state index contributed by atoms with van der Waals surface area (Å²) in [6.45, 7) is 4.98. The maximum atomic E-state index is 12.4. The van der Waals surface area contributed by atoms with E-state index in [1.54, 1.807) is 30.3 Å². The van der Waals surface area contributed by atoms with Crippen LogP contribution in [-0.4, -0.2) is 44.3 Å². The first-order valence-electron chi connectivity index (χ1n) is 12.2. The number of nitrogens with zero attached hydrogens (tertiary/aromatic N) is 4. The highest BCUT2D eigenvalue weighted by Crippen LogP contribution is 2.35. The van der Waals surface area contributed by atoms with Crippen molar-refractivity contribution in [2.75, 3.05) is 18.4 Å². The fourth-order valence-electron chi connectivity index (χ4n) is 3.68. The molecule has 0 spiro atoms. The van der Waals surface area contributed by atoms with Gasteiger partial charge in [0.05, 0.1) is 10.6 Å². The predicted octanol–water partition coefficient (Wildman–Crippen LogP) is 5.67. The van der Waals surface area contributed by atoms with E-state index in [1.807, 2.05) is 30.3 Å². The van der Waals surface area contributed by atoms with Gasteiger partial charge in [0.15, 0.2) is 5.11 Å². The molecule has 4 rings (SSSR count). The third kappa shape index (κ3) is 7.89. The van der Waals surface area contributed by atoms with Gasteiger partial charge >= 0.3 is 0 Å². The molecule has 1 amide bonds. The molecule has 0 saturated carbocycles. The van der Waals surface area contributed by atoms with Crippen LogP contribution in [-0.2, 0) is 11.3 Å². The summed E-state index contributed by atoms with van der Waals surface area (Å²) in [6, 6.07) is 20.2. The van der Waals surface area contributed by atoms with Gasteiger partial charge < -0.3 is 20.7 Å². The number of thiocarbonyl (C=S) groups is 1. The molecule has 3 N–H and O–H groups in total. The summed E-state index contributed by atoms with van der Waals surface area (Å²) in [7, 11) is 0. The maximum Gasteiger partial charge on any atom is 0.243 e. The van der Waals surface area contributed by atoms with Crippen LogP contribution in [0, 0.1) is 0 Å². The molecule has 0 radical (unpaired) electrons. The summed E-state index contributed by atoms with van der Waals surface area (Å²) < 4.78 is 5.97. The van der Waals surface area contributed by atoms with Crippen molar-refractivity contribution in [3.63, 3.8) is 0 Å². The van der Waals surface area contributed by atoms with Crippen molar-refractivity contribution in [3.05, 3.63) is 82.3 Å². The number of ether oxygens (including phenoxy) is 1. The number of benzene rings is 3. The normalized spacial score (nSPS) is 10.8. The largest absolute Gasteiger partial charge is 0.455 e. The molecular weight excluding hydrogens is 557 g/mol. The standard InChI is InChI=1S/C27H27Cl2N7O2S/c1-17(2)19-7-3-5-9-22(19)32-27(39)31-14-13-30-25(37)16-36-34-26(33-35-36)20-8-4-6-10-23(20)38-24-12-11-18(28)15-21(24)29/h3-12,15,17H,13-14,16H2,1-2H3,(H,30,37)(H2,31,32,39). The Balaban J connectivity index is 1.27. The Bertz CT molecular complexity index is 1460. The second kappa shape index (κ2) is 13.4. The maximum absolute atomic E-state index is 12.4. The lowest BCUT2D eigenvalue weighted by atomic mass is 10.0. The van der Waals surface area contributed by atoms with Gasteiger partial charge in [0.1, 0.15) is 18.0 Å². The minimum atomic E-state index is -0.262. The fraction of sp³-hybridized carbons (Fsp3) is 0.222. The Morgan fingerprint density at radius 3 is 2.54 bits per heavy atom. The average molecular weight is 585 g/mol. The number of tetrazole rings is 1. The highest BCUT2D eigenvalue weighted by molar-refractivity contribution is 7.80. The monoisotopic (exact) mass is 583 g/mol. The predicted molar refractivity (Wildman–Crippen MR) is 158 cm³/mol. The first kappa shape index (κ1) is 28.3. The van der Waals surface area contributed by atoms with E-state index < -0.39 is 0 Å². The van der Waals surface area contributed by atoms with Crippen molar-refractivity contribution in [2.45, 2.75) is 26.3 Å². The number of carbonyl (C=O) groups is 1. The SMILES string of the molecule is CC(C)c1ccccc1NC(=S)NCCNC(=O)Cn1nnc(-c2ccccc2Oc2ccc(Cl)cc2Cl)n1. The van der Waals surface area contributed by atoms with E-state index in [-0.39, 0.29) is 12.5 Å². The zero-order chi connectivity index (χ0) is 27.8. The van der Waals surface area contributed by atoms with Gasteiger partial charge in [-0.1, -0.05) is 67.4 Å². The highest BCUT2D eigenvalue weighted by atomic mass is 35.5. The zero-order valence-corrected chi connectivity index (χ0v) is 23.6. The van der Waals surface area contributed by atoms with Crippen molar-refractivity contribution in [3.8, 4) is 22.9 Å². The molecule has 0 saturated heterocycles. The number of para-hydroxylation sites is 2. The van der Waals surface area contributed by atoms with E-state index in [9.17, 15) is 4.79 Å². The molecule has 0 aliphatic carbocycles. The van der Waals surface area contributed by atoms with Gasteiger partial charge in [-0.25, -0.2) is 0 Å². The van der Waals surface area contributed by atoms with Gasteiger partial charge in [-0.15, -0.1) is 10.2 Å². The third-order valence-electron chi connectivity index (χ3n) is 5.54. The molecule has 0 aliphatic heterocycles. The average Bonchev–Trinajstić information content (AvgIpc) is 3.37. The number of carbonyl (C=O) groups excluding carboxylic acids is 1. The lowest BCUT2D eigenvalue weighted by Crippen LogP contribution is -2.38. The topological polar surface area (TPSA) is 106 Å². The first-order chi connectivity index (χ1) is 18.8. The number of amides is 1. The zero-order valence-electron chi connectivity index (χ0n) is 21.3. The fourth-order valence-corrected chi connectivity index (χ4v) is 4.34. The molecule has 4 aromatic rings. The molecule has 0 fully saturated rings. The molecule has 0 bridgehead atoms. The van der Waals surface area contributed by atoms with Crippen LogP contribution in [0.25, 0.3) is 11.4 Å². The van der Waals surface area contributed by atoms with Gasteiger partial charge in [-0.05, 0) is 65.3 Å². The Kier molecular flexibility index (Phi) is 9.69. The molecule has 1 aromatic heterocycles.